The molecule has 0 fully saturated rings. The molecule has 0 aliphatic carbocycles. The van der Waals surface area contributed by atoms with Gasteiger partial charge in [-0.05, 0) is 35.0 Å². The van der Waals surface area contributed by atoms with E-state index < -0.39 is 12.0 Å². The van der Waals surface area contributed by atoms with Crippen molar-refractivity contribution in [3.05, 3.63) is 33.0 Å². The van der Waals surface area contributed by atoms with Crippen LogP contribution in [0.15, 0.2) is 16.6 Å². The van der Waals surface area contributed by atoms with Crippen molar-refractivity contribution in [3.63, 3.8) is 0 Å². The molecule has 0 aliphatic heterocycles. The number of halogens is 4. The summed E-state index contributed by atoms with van der Waals surface area (Å²) in [4.78, 5) is 0. The molecular formula is C8H6BrClF2. The van der Waals surface area contributed by atoms with Gasteiger partial charge in [-0.15, -0.1) is 0 Å². The average molecular weight is 255 g/mol. The van der Waals surface area contributed by atoms with Crippen LogP contribution in [0.4, 0.5) is 8.78 Å². The summed E-state index contributed by atoms with van der Waals surface area (Å²) in [5.74, 6) is -0.627. The Hall–Kier alpha value is -0.150. The van der Waals surface area contributed by atoms with E-state index in [1.807, 2.05) is 0 Å². The number of hydrogen-bond donors (Lipinski definition) is 0. The predicted octanol–water partition coefficient (Wildman–Crippen LogP) is 4.27. The van der Waals surface area contributed by atoms with Crippen LogP contribution in [0.3, 0.4) is 0 Å². The molecule has 0 aromatic heterocycles. The van der Waals surface area contributed by atoms with Crippen LogP contribution in [0, 0.1) is 5.82 Å². The summed E-state index contributed by atoms with van der Waals surface area (Å²) in [5, 5.41) is 0.116. The first-order valence-corrected chi connectivity index (χ1v) is 4.48. The van der Waals surface area contributed by atoms with Gasteiger partial charge in [0.25, 0.3) is 0 Å². The lowest BCUT2D eigenvalue weighted by atomic mass is 10.1. The van der Waals surface area contributed by atoms with Crippen LogP contribution < -0.4 is 0 Å². The first-order valence-electron chi connectivity index (χ1n) is 3.31. The molecule has 1 atom stereocenters. The fraction of sp³-hybridized carbons (Fsp3) is 0.250. The molecule has 0 heterocycles. The topological polar surface area (TPSA) is 0 Å². The molecule has 1 aromatic carbocycles. The van der Waals surface area contributed by atoms with Gasteiger partial charge in [0.05, 0.1) is 4.47 Å². The molecule has 0 N–H and O–H groups in total. The number of benzene rings is 1. The molecule has 0 bridgehead atoms. The zero-order chi connectivity index (χ0) is 9.30. The Balaban J connectivity index is 3.33. The Morgan fingerprint density at radius 3 is 2.50 bits per heavy atom. The Bertz CT molecular complexity index is 299. The SMILES string of the molecule is CC(F)c1c(Cl)ccc(Br)c1F. The fourth-order valence-electron chi connectivity index (χ4n) is 0.907. The first-order chi connectivity index (χ1) is 5.54. The van der Waals surface area contributed by atoms with Crippen LogP contribution in [0.1, 0.15) is 18.7 Å². The van der Waals surface area contributed by atoms with Crippen LogP contribution in [0.2, 0.25) is 5.02 Å². The largest absolute Gasteiger partial charge is 0.242 e. The molecule has 0 saturated heterocycles. The second-order valence-electron chi connectivity index (χ2n) is 2.37. The van der Waals surface area contributed by atoms with Gasteiger partial charge < -0.3 is 0 Å². The molecule has 0 radical (unpaired) electrons. The van der Waals surface area contributed by atoms with E-state index in [-0.39, 0.29) is 15.1 Å². The standard InChI is InChI=1S/C8H6BrClF2/c1-4(11)7-6(10)3-2-5(9)8(7)12/h2-4H,1H3. The summed E-state index contributed by atoms with van der Waals surface area (Å²) in [6.07, 6.45) is -1.39. The van der Waals surface area contributed by atoms with Crippen molar-refractivity contribution >= 4 is 27.5 Å². The van der Waals surface area contributed by atoms with Gasteiger partial charge >= 0.3 is 0 Å². The van der Waals surface area contributed by atoms with Crippen LogP contribution in [-0.4, -0.2) is 0 Å². The molecular weight excluding hydrogens is 249 g/mol. The van der Waals surface area contributed by atoms with E-state index in [0.29, 0.717) is 0 Å². The zero-order valence-electron chi connectivity index (χ0n) is 6.24. The van der Waals surface area contributed by atoms with Gasteiger partial charge in [-0.2, -0.15) is 0 Å². The van der Waals surface area contributed by atoms with Crippen LogP contribution in [-0.2, 0) is 0 Å². The number of rotatable bonds is 1. The Labute approximate surface area is 82.7 Å². The number of alkyl halides is 1. The van der Waals surface area contributed by atoms with Crippen molar-refractivity contribution in [1.29, 1.82) is 0 Å². The maximum atomic E-state index is 13.1. The molecule has 0 nitrogen and oxygen atoms in total. The molecule has 1 rings (SSSR count). The second kappa shape index (κ2) is 3.71. The smallest absolute Gasteiger partial charge is 0.144 e. The van der Waals surface area contributed by atoms with Gasteiger partial charge in [-0.3, -0.25) is 0 Å². The van der Waals surface area contributed by atoms with E-state index in [2.05, 4.69) is 15.9 Å². The molecule has 12 heavy (non-hydrogen) atoms. The minimum absolute atomic E-state index is 0.0916. The minimum Gasteiger partial charge on any atom is -0.242 e. The summed E-state index contributed by atoms with van der Waals surface area (Å²) >= 11 is 8.54. The van der Waals surface area contributed by atoms with E-state index in [4.69, 9.17) is 11.6 Å². The van der Waals surface area contributed by atoms with Crippen LogP contribution >= 0.6 is 27.5 Å². The van der Waals surface area contributed by atoms with Crippen molar-refractivity contribution in [2.45, 2.75) is 13.1 Å². The Morgan fingerprint density at radius 1 is 1.50 bits per heavy atom. The summed E-state index contributed by atoms with van der Waals surface area (Å²) in [6, 6.07) is 2.91. The molecule has 0 spiro atoms. The molecule has 0 amide bonds. The third-order valence-electron chi connectivity index (χ3n) is 1.48. The Kier molecular flexibility index (Phi) is 3.07. The van der Waals surface area contributed by atoms with Crippen LogP contribution in [0.5, 0.6) is 0 Å². The van der Waals surface area contributed by atoms with Crippen molar-refractivity contribution in [1.82, 2.24) is 0 Å². The minimum atomic E-state index is -1.39. The van der Waals surface area contributed by atoms with Crippen molar-refractivity contribution < 1.29 is 8.78 Å². The highest BCUT2D eigenvalue weighted by Gasteiger charge is 2.16. The molecule has 66 valence electrons. The lowest BCUT2D eigenvalue weighted by Gasteiger charge is -2.07. The molecule has 1 unspecified atom stereocenters. The zero-order valence-corrected chi connectivity index (χ0v) is 8.59. The highest BCUT2D eigenvalue weighted by Crippen LogP contribution is 2.31. The summed E-state index contributed by atoms with van der Waals surface area (Å²) in [7, 11) is 0. The lowest BCUT2D eigenvalue weighted by Crippen LogP contribution is -1.93. The van der Waals surface area contributed by atoms with Crippen molar-refractivity contribution in [2.24, 2.45) is 0 Å². The third-order valence-corrected chi connectivity index (χ3v) is 2.42. The normalized spacial score (nSPS) is 13.1. The van der Waals surface area contributed by atoms with Gasteiger partial charge in [0.1, 0.15) is 12.0 Å². The average Bonchev–Trinajstić information content (AvgIpc) is 1.97. The van der Waals surface area contributed by atoms with Gasteiger partial charge in [-0.1, -0.05) is 11.6 Å². The van der Waals surface area contributed by atoms with Gasteiger partial charge in [0, 0.05) is 10.6 Å². The highest BCUT2D eigenvalue weighted by molar-refractivity contribution is 9.10. The Morgan fingerprint density at radius 2 is 2.08 bits per heavy atom. The summed E-state index contributed by atoms with van der Waals surface area (Å²) < 4.78 is 26.2. The van der Waals surface area contributed by atoms with Crippen LogP contribution in [0.25, 0.3) is 0 Å². The van der Waals surface area contributed by atoms with E-state index in [9.17, 15) is 8.78 Å². The first kappa shape index (κ1) is 9.93. The lowest BCUT2D eigenvalue weighted by molar-refractivity contribution is 0.361. The molecule has 4 heteroatoms. The van der Waals surface area contributed by atoms with E-state index in [1.54, 1.807) is 0 Å². The fourth-order valence-corrected chi connectivity index (χ4v) is 1.55. The monoisotopic (exact) mass is 254 g/mol. The van der Waals surface area contributed by atoms with E-state index >= 15 is 0 Å². The summed E-state index contributed by atoms with van der Waals surface area (Å²) in [6.45, 7) is 1.25. The highest BCUT2D eigenvalue weighted by atomic mass is 79.9. The van der Waals surface area contributed by atoms with Crippen molar-refractivity contribution in [3.8, 4) is 0 Å². The van der Waals surface area contributed by atoms with Crippen molar-refractivity contribution in [2.75, 3.05) is 0 Å². The maximum absolute atomic E-state index is 13.1. The second-order valence-corrected chi connectivity index (χ2v) is 3.63. The van der Waals surface area contributed by atoms with Gasteiger partial charge in [-0.25, -0.2) is 8.78 Å². The molecule has 0 aliphatic rings. The van der Waals surface area contributed by atoms with E-state index in [0.717, 1.165) is 0 Å². The summed E-state index contributed by atoms with van der Waals surface area (Å²) in [5.41, 5.74) is -0.0916. The predicted molar refractivity (Wildman–Crippen MR) is 48.6 cm³/mol. The van der Waals surface area contributed by atoms with Gasteiger partial charge in [0.2, 0.25) is 0 Å². The molecule has 0 saturated carbocycles. The maximum Gasteiger partial charge on any atom is 0.144 e. The molecule has 1 aromatic rings. The third kappa shape index (κ3) is 1.77. The van der Waals surface area contributed by atoms with E-state index in [1.165, 1.54) is 19.1 Å². The van der Waals surface area contributed by atoms with Gasteiger partial charge in [0.15, 0.2) is 0 Å². The number of hydrogen-bond acceptors (Lipinski definition) is 0. The quantitative estimate of drug-likeness (QED) is 0.657.